The van der Waals surface area contributed by atoms with Gasteiger partial charge in [-0.15, -0.1) is 0 Å². The number of likely N-dealkylation sites (tertiary alicyclic amines) is 1. The molecule has 1 fully saturated rings. The smallest absolute Gasteiger partial charge is 0.404 e. The van der Waals surface area contributed by atoms with Crippen LogP contribution in [-0.4, -0.2) is 52.5 Å². The van der Waals surface area contributed by atoms with Crippen molar-refractivity contribution in [2.24, 2.45) is 0 Å². The van der Waals surface area contributed by atoms with Crippen LogP contribution in [0, 0.1) is 0 Å². The zero-order chi connectivity index (χ0) is 15.2. The summed E-state index contributed by atoms with van der Waals surface area (Å²) in [6.45, 7) is 1.80. The van der Waals surface area contributed by atoms with E-state index in [1.54, 1.807) is 0 Å². The van der Waals surface area contributed by atoms with Crippen LogP contribution in [0.15, 0.2) is 30.3 Å². The van der Waals surface area contributed by atoms with Crippen molar-refractivity contribution in [3.05, 3.63) is 35.9 Å². The Morgan fingerprint density at radius 3 is 2.05 bits per heavy atom. The van der Waals surface area contributed by atoms with Crippen molar-refractivity contribution in [2.75, 3.05) is 13.1 Å². The third-order valence-corrected chi connectivity index (χ3v) is 3.43. The lowest BCUT2D eigenvalue weighted by atomic mass is 10.00. The highest BCUT2D eigenvalue weighted by atomic mass is 16.4. The van der Waals surface area contributed by atoms with Gasteiger partial charge >= 0.3 is 12.2 Å². The minimum Gasteiger partial charge on any atom is -0.465 e. The predicted molar refractivity (Wildman–Crippen MR) is 76.2 cm³/mol. The molecule has 1 aliphatic rings. The fourth-order valence-corrected chi connectivity index (χ4v) is 2.72. The summed E-state index contributed by atoms with van der Waals surface area (Å²) in [6, 6.07) is 9.25. The molecule has 4 N–H and O–H groups in total. The van der Waals surface area contributed by atoms with Gasteiger partial charge in [-0.25, -0.2) is 9.59 Å². The highest BCUT2D eigenvalue weighted by Gasteiger charge is 2.29. The van der Waals surface area contributed by atoms with Crippen molar-refractivity contribution in [3.8, 4) is 0 Å². The Hall–Kier alpha value is -2.28. The number of rotatable bonds is 4. The molecule has 0 saturated carbocycles. The molecule has 114 valence electrons. The summed E-state index contributed by atoms with van der Waals surface area (Å²) in [7, 11) is 0. The van der Waals surface area contributed by atoms with Gasteiger partial charge in [0, 0.05) is 31.7 Å². The summed E-state index contributed by atoms with van der Waals surface area (Å²) >= 11 is 0. The topological polar surface area (TPSA) is 102 Å². The van der Waals surface area contributed by atoms with E-state index in [1.807, 2.05) is 30.3 Å². The van der Waals surface area contributed by atoms with Gasteiger partial charge in [0.25, 0.3) is 0 Å². The van der Waals surface area contributed by atoms with Gasteiger partial charge in [-0.05, 0) is 12.0 Å². The van der Waals surface area contributed by atoms with Crippen molar-refractivity contribution in [2.45, 2.75) is 25.0 Å². The van der Waals surface area contributed by atoms with Crippen LogP contribution in [0.5, 0.6) is 0 Å². The monoisotopic (exact) mass is 293 g/mol. The fourth-order valence-electron chi connectivity index (χ4n) is 2.72. The Bertz CT molecular complexity index is 470. The molecule has 2 atom stereocenters. The quantitative estimate of drug-likeness (QED) is 0.667. The van der Waals surface area contributed by atoms with E-state index in [0.29, 0.717) is 26.1 Å². The maximum atomic E-state index is 10.8. The Morgan fingerprint density at radius 2 is 1.57 bits per heavy atom. The fraction of sp³-hybridized carbons (Fsp3) is 0.429. The van der Waals surface area contributed by atoms with E-state index in [9.17, 15) is 9.59 Å². The third kappa shape index (κ3) is 4.96. The van der Waals surface area contributed by atoms with E-state index < -0.39 is 12.2 Å². The number of amides is 2. The highest BCUT2D eigenvalue weighted by Crippen LogP contribution is 2.14. The molecular formula is C14H19N3O4. The average molecular weight is 293 g/mol. The number of hydrogen-bond donors (Lipinski definition) is 4. The number of nitrogens with one attached hydrogen (secondary N) is 2. The molecule has 0 aliphatic carbocycles. The van der Waals surface area contributed by atoms with Gasteiger partial charge in [0.05, 0.1) is 0 Å². The summed E-state index contributed by atoms with van der Waals surface area (Å²) in [6.07, 6.45) is -1.71. The molecule has 2 amide bonds. The summed E-state index contributed by atoms with van der Waals surface area (Å²) in [5, 5.41) is 22.6. The van der Waals surface area contributed by atoms with Gasteiger partial charge in [-0.1, -0.05) is 30.3 Å². The Labute approximate surface area is 122 Å². The molecular weight excluding hydrogens is 274 g/mol. The summed E-state index contributed by atoms with van der Waals surface area (Å²) in [4.78, 5) is 23.6. The molecule has 2 unspecified atom stereocenters. The van der Waals surface area contributed by atoms with Crippen LogP contribution in [0.2, 0.25) is 0 Å². The second-order valence-electron chi connectivity index (χ2n) is 5.21. The van der Waals surface area contributed by atoms with E-state index >= 15 is 0 Å². The number of carboxylic acid groups (broad SMARTS) is 2. The van der Waals surface area contributed by atoms with Gasteiger partial charge in [-0.3, -0.25) is 4.90 Å². The molecule has 21 heavy (non-hydrogen) atoms. The lowest BCUT2D eigenvalue weighted by Gasteiger charge is -2.37. The van der Waals surface area contributed by atoms with E-state index in [0.717, 1.165) is 5.56 Å². The number of piperidine rings is 1. The molecule has 2 rings (SSSR count). The Kier molecular flexibility index (Phi) is 4.99. The van der Waals surface area contributed by atoms with Crippen molar-refractivity contribution >= 4 is 12.2 Å². The van der Waals surface area contributed by atoms with Crippen LogP contribution in [0.3, 0.4) is 0 Å². The maximum Gasteiger partial charge on any atom is 0.404 e. The highest BCUT2D eigenvalue weighted by molar-refractivity contribution is 5.65. The predicted octanol–water partition coefficient (Wildman–Crippen LogP) is 1.16. The Morgan fingerprint density at radius 1 is 1.05 bits per heavy atom. The zero-order valence-corrected chi connectivity index (χ0v) is 11.5. The Balaban J connectivity index is 2.01. The minimum absolute atomic E-state index is 0.281. The lowest BCUT2D eigenvalue weighted by Crippen LogP contribution is -2.56. The molecule has 0 radical (unpaired) electrons. The van der Waals surface area contributed by atoms with E-state index in [-0.39, 0.29) is 12.1 Å². The number of hydrogen-bond acceptors (Lipinski definition) is 3. The first-order valence-corrected chi connectivity index (χ1v) is 6.78. The van der Waals surface area contributed by atoms with Crippen LogP contribution in [0.1, 0.15) is 12.0 Å². The first-order chi connectivity index (χ1) is 10.0. The van der Waals surface area contributed by atoms with Crippen molar-refractivity contribution in [1.82, 2.24) is 15.5 Å². The summed E-state index contributed by atoms with van der Waals surface area (Å²) in [5.74, 6) is 0. The second kappa shape index (κ2) is 6.94. The van der Waals surface area contributed by atoms with Crippen LogP contribution in [0.4, 0.5) is 9.59 Å². The molecule has 0 spiro atoms. The van der Waals surface area contributed by atoms with E-state index in [1.165, 1.54) is 0 Å². The first-order valence-electron chi connectivity index (χ1n) is 6.78. The molecule has 1 aromatic carbocycles. The average Bonchev–Trinajstić information content (AvgIpc) is 2.37. The van der Waals surface area contributed by atoms with Gasteiger partial charge < -0.3 is 20.8 Å². The number of carbonyl (C=O) groups is 2. The van der Waals surface area contributed by atoms with Crippen LogP contribution in [-0.2, 0) is 6.54 Å². The van der Waals surface area contributed by atoms with Gasteiger partial charge in [-0.2, -0.15) is 0 Å². The lowest BCUT2D eigenvalue weighted by molar-refractivity contribution is 0.133. The van der Waals surface area contributed by atoms with Crippen molar-refractivity contribution in [3.63, 3.8) is 0 Å². The molecule has 1 aliphatic heterocycles. The van der Waals surface area contributed by atoms with E-state index in [2.05, 4.69) is 15.5 Å². The van der Waals surface area contributed by atoms with Crippen LogP contribution >= 0.6 is 0 Å². The van der Waals surface area contributed by atoms with E-state index in [4.69, 9.17) is 10.2 Å². The SMILES string of the molecule is O=C(O)NC1CC(NC(=O)O)CN(Cc2ccccc2)C1. The molecule has 7 nitrogen and oxygen atoms in total. The number of nitrogens with zero attached hydrogens (tertiary/aromatic N) is 1. The van der Waals surface area contributed by atoms with Crippen LogP contribution < -0.4 is 10.6 Å². The standard InChI is InChI=1S/C14H19N3O4/c18-13(19)15-11-6-12(16-14(20)21)9-17(8-11)7-10-4-2-1-3-5-10/h1-5,11-12,15-16H,6-9H2,(H,18,19)(H,20,21). The molecule has 1 saturated heterocycles. The minimum atomic E-state index is -1.09. The van der Waals surface area contributed by atoms with Crippen molar-refractivity contribution in [1.29, 1.82) is 0 Å². The normalized spacial score (nSPS) is 22.5. The summed E-state index contributed by atoms with van der Waals surface area (Å²) in [5.41, 5.74) is 1.11. The van der Waals surface area contributed by atoms with Gasteiger partial charge in [0.2, 0.25) is 0 Å². The second-order valence-corrected chi connectivity index (χ2v) is 5.21. The molecule has 1 heterocycles. The van der Waals surface area contributed by atoms with Gasteiger partial charge in [0.15, 0.2) is 0 Å². The zero-order valence-electron chi connectivity index (χ0n) is 11.5. The van der Waals surface area contributed by atoms with Gasteiger partial charge in [0.1, 0.15) is 0 Å². The molecule has 0 bridgehead atoms. The van der Waals surface area contributed by atoms with Crippen LogP contribution in [0.25, 0.3) is 0 Å². The molecule has 7 heteroatoms. The van der Waals surface area contributed by atoms with Crippen molar-refractivity contribution < 1.29 is 19.8 Å². The first kappa shape index (κ1) is 15.1. The summed E-state index contributed by atoms with van der Waals surface area (Å²) < 4.78 is 0. The molecule has 0 aromatic heterocycles. The number of benzene rings is 1. The molecule has 1 aromatic rings. The third-order valence-electron chi connectivity index (χ3n) is 3.43. The largest absolute Gasteiger partial charge is 0.465 e. The maximum absolute atomic E-state index is 10.8.